The molecule has 0 bridgehead atoms. The van der Waals surface area contributed by atoms with Crippen molar-refractivity contribution in [2.75, 3.05) is 19.8 Å². The van der Waals surface area contributed by atoms with E-state index >= 15 is 0 Å². The number of hydrogen-bond donors (Lipinski definition) is 11. The molecule has 3 fully saturated rings. The molecule has 19 heteroatoms. The van der Waals surface area contributed by atoms with Crippen molar-refractivity contribution in [3.8, 4) is 5.75 Å². The van der Waals surface area contributed by atoms with E-state index < -0.39 is 112 Å². The number of aliphatic hydroxyl groups excluding tert-OH is 10. The predicted octanol–water partition coefficient (Wildman–Crippen LogP) is -3.59. The number of aliphatic hydroxyl groups is 10. The van der Waals surface area contributed by atoms with Gasteiger partial charge in [-0.15, -0.1) is 0 Å². The number of nitrogens with one attached hydrogen (secondary N) is 1. The highest BCUT2D eigenvalue weighted by Crippen LogP contribution is 2.39. The van der Waals surface area contributed by atoms with E-state index in [0.717, 1.165) is 0 Å². The van der Waals surface area contributed by atoms with Crippen molar-refractivity contribution in [1.82, 2.24) is 4.98 Å². The second kappa shape index (κ2) is 14.5. The molecule has 2 aromatic rings. The molecule has 3 aliphatic rings. The third kappa shape index (κ3) is 6.72. The van der Waals surface area contributed by atoms with E-state index in [4.69, 9.17) is 40.0 Å². The van der Waals surface area contributed by atoms with Crippen LogP contribution in [0.15, 0.2) is 22.8 Å². The molecule has 5 rings (SSSR count). The molecule has 11 N–H and O–H groups in total. The van der Waals surface area contributed by atoms with Crippen LogP contribution in [0.25, 0.3) is 10.9 Å². The number of fused-ring (bicyclic) bond motifs is 1. The minimum absolute atomic E-state index is 0.175. The molecule has 15 atom stereocenters. The Morgan fingerprint density at radius 1 is 0.667 bits per heavy atom. The Kier molecular flexibility index (Phi) is 11.3. The van der Waals surface area contributed by atoms with Crippen LogP contribution in [-0.4, -0.2) is 168 Å². The molecule has 1 aromatic carbocycles. The average molecular weight is 733 g/mol. The average Bonchev–Trinajstić information content (AvgIpc) is 3.45. The summed E-state index contributed by atoms with van der Waals surface area (Å²) in [4.78, 5) is 2.96. The van der Waals surface area contributed by atoms with E-state index in [9.17, 15) is 51.1 Å². The van der Waals surface area contributed by atoms with Gasteiger partial charge < -0.3 is 84.5 Å². The maximum absolute atomic E-state index is 11.0. The molecule has 1 aromatic heterocycles. The minimum atomic E-state index is -1.94. The summed E-state index contributed by atoms with van der Waals surface area (Å²) in [5, 5.41) is 104. The molecule has 0 amide bonds. The quantitative estimate of drug-likeness (QED) is 0.119. The zero-order chi connectivity index (χ0) is 32.7. The van der Waals surface area contributed by atoms with Crippen LogP contribution in [0.5, 0.6) is 5.75 Å². The number of aromatic nitrogens is 1. The normalized spacial score (nSPS) is 42.6. The first-order chi connectivity index (χ1) is 21.4. The predicted molar refractivity (Wildman–Crippen MR) is 151 cm³/mol. The second-order valence-corrected chi connectivity index (χ2v) is 12.1. The summed E-state index contributed by atoms with van der Waals surface area (Å²) in [6.45, 7) is -2.34. The number of H-pyrrole nitrogens is 1. The maximum Gasteiger partial charge on any atom is 0.229 e. The highest BCUT2D eigenvalue weighted by molar-refractivity contribution is 9.10. The van der Waals surface area contributed by atoms with Crippen LogP contribution in [0.2, 0.25) is 5.02 Å². The number of hydrogen-bond acceptors (Lipinski definition) is 16. The highest BCUT2D eigenvalue weighted by atomic mass is 79.9. The summed E-state index contributed by atoms with van der Waals surface area (Å²) in [5.41, 5.74) is 0.609. The minimum Gasteiger partial charge on any atom is -0.460 e. The first-order valence-electron chi connectivity index (χ1n) is 13.9. The number of benzene rings is 1. The van der Waals surface area contributed by atoms with Gasteiger partial charge in [-0.3, -0.25) is 0 Å². The highest BCUT2D eigenvalue weighted by Gasteiger charge is 2.53. The molecule has 3 saturated heterocycles. The van der Waals surface area contributed by atoms with Gasteiger partial charge in [-0.2, -0.15) is 0 Å². The molecule has 0 radical (unpaired) electrons. The standard InChI is InChI=1S/C26H35BrClNO16/c27-7-1-2-8-13(14(7)28)9(3-29-8)40-24-20(38)17(35)22(11(5-31)42-24)45-26-21(39)18(36)23(12(6-32)43-26)44-25-19(37)16(34)15(33)10(4-30)41-25/h1-3,10-12,15-26,29-39H,4-6H2/t10-,11-,12-,15-,16+,17-,18-,19-,20-,21+,22+,23+,24+,25+,26-/m0/s1. The topological polar surface area (TPSA) is 273 Å². The molecule has 3 aliphatic heterocycles. The van der Waals surface area contributed by atoms with Gasteiger partial charge in [0.05, 0.1) is 35.7 Å². The van der Waals surface area contributed by atoms with Crippen LogP contribution in [0, 0.1) is 0 Å². The number of rotatable bonds is 9. The molecule has 17 nitrogen and oxygen atoms in total. The fourth-order valence-corrected chi connectivity index (χ4v) is 6.07. The SMILES string of the molecule is OC[C@@H]1O[C@H](O[C@H]2[C@@H](O)[C@@H](O)[C@H](O[C@H]3[C@@H](O)[C@H](O)[C@H](Oc4c[nH]c5ccc(Br)c(Cl)c45)O[C@H]3CO)O[C@H]2CO)[C@@H](O)[C@H](O)[C@H]1O. The Hall–Kier alpha value is -1.27. The Labute approximate surface area is 268 Å². The van der Waals surface area contributed by atoms with E-state index in [1.54, 1.807) is 12.1 Å². The monoisotopic (exact) mass is 731 g/mol. The van der Waals surface area contributed by atoms with Gasteiger partial charge in [0.15, 0.2) is 12.6 Å². The number of halogens is 2. The van der Waals surface area contributed by atoms with Crippen LogP contribution < -0.4 is 4.74 Å². The van der Waals surface area contributed by atoms with Crippen molar-refractivity contribution in [3.05, 3.63) is 27.8 Å². The van der Waals surface area contributed by atoms with Crippen LogP contribution in [0.1, 0.15) is 0 Å². The zero-order valence-electron chi connectivity index (χ0n) is 23.2. The number of aromatic amines is 1. The summed E-state index contributed by atoms with van der Waals surface area (Å²) < 4.78 is 34.1. The van der Waals surface area contributed by atoms with Gasteiger partial charge in [0.2, 0.25) is 6.29 Å². The maximum atomic E-state index is 11.0. The van der Waals surface area contributed by atoms with Crippen molar-refractivity contribution in [2.24, 2.45) is 0 Å². The van der Waals surface area contributed by atoms with Crippen molar-refractivity contribution in [1.29, 1.82) is 0 Å². The van der Waals surface area contributed by atoms with Gasteiger partial charge >= 0.3 is 0 Å². The summed E-state index contributed by atoms with van der Waals surface area (Å²) in [7, 11) is 0. The molecule has 4 heterocycles. The Bertz CT molecular complexity index is 1290. The Morgan fingerprint density at radius 2 is 1.16 bits per heavy atom. The van der Waals surface area contributed by atoms with Gasteiger partial charge in [0, 0.05) is 10.7 Å². The number of ether oxygens (including phenoxy) is 6. The van der Waals surface area contributed by atoms with Gasteiger partial charge in [-0.1, -0.05) is 11.6 Å². The van der Waals surface area contributed by atoms with Crippen LogP contribution >= 0.6 is 27.5 Å². The van der Waals surface area contributed by atoms with Crippen LogP contribution in [0.3, 0.4) is 0 Å². The Morgan fingerprint density at radius 3 is 1.71 bits per heavy atom. The van der Waals surface area contributed by atoms with E-state index in [0.29, 0.717) is 20.4 Å². The van der Waals surface area contributed by atoms with Crippen molar-refractivity contribution < 1.29 is 79.5 Å². The van der Waals surface area contributed by atoms with Crippen molar-refractivity contribution in [2.45, 2.75) is 92.1 Å². The Balaban J connectivity index is 1.27. The molecular weight excluding hydrogens is 698 g/mol. The van der Waals surface area contributed by atoms with Crippen LogP contribution in [0.4, 0.5) is 0 Å². The second-order valence-electron chi connectivity index (χ2n) is 10.9. The molecule has 45 heavy (non-hydrogen) atoms. The summed E-state index contributed by atoms with van der Waals surface area (Å²) in [6, 6.07) is 3.45. The molecule has 0 aliphatic carbocycles. The van der Waals surface area contributed by atoms with Crippen molar-refractivity contribution >= 4 is 38.4 Å². The first-order valence-corrected chi connectivity index (χ1v) is 15.1. The molecule has 0 unspecified atom stereocenters. The lowest BCUT2D eigenvalue weighted by Crippen LogP contribution is -2.66. The van der Waals surface area contributed by atoms with Crippen molar-refractivity contribution in [3.63, 3.8) is 0 Å². The zero-order valence-corrected chi connectivity index (χ0v) is 25.5. The van der Waals surface area contributed by atoms with Gasteiger partial charge in [-0.05, 0) is 28.1 Å². The summed E-state index contributed by atoms with van der Waals surface area (Å²) in [6.07, 6.45) is -23.6. The van der Waals surface area contributed by atoms with E-state index in [1.165, 1.54) is 6.20 Å². The van der Waals surface area contributed by atoms with E-state index in [-0.39, 0.29) is 5.75 Å². The lowest BCUT2D eigenvalue weighted by molar-refractivity contribution is -0.376. The summed E-state index contributed by atoms with van der Waals surface area (Å²) in [5.74, 6) is 0.175. The summed E-state index contributed by atoms with van der Waals surface area (Å²) >= 11 is 9.72. The van der Waals surface area contributed by atoms with E-state index in [2.05, 4.69) is 20.9 Å². The largest absolute Gasteiger partial charge is 0.460 e. The molecule has 0 spiro atoms. The third-order valence-electron chi connectivity index (χ3n) is 8.02. The lowest BCUT2D eigenvalue weighted by atomic mass is 9.96. The first kappa shape index (κ1) is 35.0. The van der Waals surface area contributed by atoms with Crippen LogP contribution in [-0.2, 0) is 23.7 Å². The molecule has 254 valence electrons. The third-order valence-corrected chi connectivity index (χ3v) is 9.30. The molecular formula is C26H35BrClNO16. The smallest absolute Gasteiger partial charge is 0.229 e. The van der Waals surface area contributed by atoms with E-state index in [1.807, 2.05) is 0 Å². The lowest BCUT2D eigenvalue weighted by Gasteiger charge is -2.48. The van der Waals surface area contributed by atoms with Gasteiger partial charge in [-0.25, -0.2) is 0 Å². The van der Waals surface area contributed by atoms with Gasteiger partial charge in [0.25, 0.3) is 0 Å². The fraction of sp³-hybridized carbons (Fsp3) is 0.692. The van der Waals surface area contributed by atoms with Gasteiger partial charge in [0.1, 0.15) is 79.0 Å². The molecule has 0 saturated carbocycles. The fourth-order valence-electron chi connectivity index (χ4n) is 5.49.